The Bertz CT molecular complexity index is 1690. The van der Waals surface area contributed by atoms with Crippen LogP contribution in [0.5, 0.6) is 5.75 Å². The Balaban J connectivity index is 1.55. The third-order valence-electron chi connectivity index (χ3n) is 6.14. The number of ether oxygens (including phenoxy) is 1. The molecule has 1 saturated carbocycles. The zero-order chi connectivity index (χ0) is 24.3. The number of nitrogens with zero attached hydrogens (tertiary/aromatic N) is 6. The zero-order valence-electron chi connectivity index (χ0n) is 18.6. The molecule has 0 aliphatic heterocycles. The molecule has 2 aromatic carbocycles. The van der Waals surface area contributed by atoms with Gasteiger partial charge in [0.1, 0.15) is 41.4 Å². The molecule has 6 rings (SSSR count). The van der Waals surface area contributed by atoms with Gasteiger partial charge in [-0.2, -0.15) is 5.10 Å². The van der Waals surface area contributed by atoms with Crippen molar-refractivity contribution >= 4 is 27.8 Å². The Morgan fingerprint density at radius 1 is 1.11 bits per heavy atom. The van der Waals surface area contributed by atoms with E-state index in [-0.39, 0.29) is 35.1 Å². The SMILES string of the molecule is COc1ccc(-c2nn(Cc3nc4cccc(F)c4c(=O)n3C3CC3)c3ncnc(N)c23)cc1F. The van der Waals surface area contributed by atoms with Crippen LogP contribution in [-0.2, 0) is 6.54 Å². The highest BCUT2D eigenvalue weighted by molar-refractivity contribution is 5.98. The first-order valence-corrected chi connectivity index (χ1v) is 11.0. The number of rotatable bonds is 5. The Hall–Kier alpha value is -4.41. The molecule has 0 atom stereocenters. The predicted molar refractivity (Wildman–Crippen MR) is 125 cm³/mol. The molecule has 5 aromatic rings. The van der Waals surface area contributed by atoms with Crippen LogP contribution in [0.3, 0.4) is 0 Å². The van der Waals surface area contributed by atoms with Gasteiger partial charge in [-0.25, -0.2) is 28.4 Å². The van der Waals surface area contributed by atoms with E-state index in [0.29, 0.717) is 28.1 Å². The van der Waals surface area contributed by atoms with E-state index in [1.807, 2.05) is 0 Å². The molecule has 1 aliphatic rings. The summed E-state index contributed by atoms with van der Waals surface area (Å²) in [6.07, 6.45) is 2.92. The summed E-state index contributed by atoms with van der Waals surface area (Å²) in [6.45, 7) is 0.0732. The number of halogens is 2. The lowest BCUT2D eigenvalue weighted by molar-refractivity contribution is 0.386. The van der Waals surface area contributed by atoms with E-state index >= 15 is 0 Å². The number of benzene rings is 2. The highest BCUT2D eigenvalue weighted by atomic mass is 19.1. The summed E-state index contributed by atoms with van der Waals surface area (Å²) in [6, 6.07) is 8.79. The van der Waals surface area contributed by atoms with E-state index in [1.54, 1.807) is 16.8 Å². The maximum Gasteiger partial charge on any atom is 0.264 e. The number of aromatic nitrogens is 6. The Kier molecular flexibility index (Phi) is 4.73. The highest BCUT2D eigenvalue weighted by Gasteiger charge is 2.30. The molecule has 176 valence electrons. The first kappa shape index (κ1) is 21.1. The summed E-state index contributed by atoms with van der Waals surface area (Å²) in [5.74, 6) is -0.452. The second-order valence-corrected chi connectivity index (χ2v) is 8.38. The lowest BCUT2D eigenvalue weighted by Crippen LogP contribution is -2.27. The molecule has 0 unspecified atom stereocenters. The van der Waals surface area contributed by atoms with Crippen molar-refractivity contribution in [3.63, 3.8) is 0 Å². The summed E-state index contributed by atoms with van der Waals surface area (Å²) in [7, 11) is 1.38. The smallest absolute Gasteiger partial charge is 0.264 e. The average molecular weight is 475 g/mol. The van der Waals surface area contributed by atoms with Crippen molar-refractivity contribution in [3.8, 4) is 17.0 Å². The minimum Gasteiger partial charge on any atom is -0.494 e. The molecular formula is C24H19F2N7O2. The standard InChI is InChI=1S/C24H19F2N7O2/c1-35-17-8-5-12(9-15(17)26)21-20-22(27)28-11-29-23(20)32(31-21)10-18-30-16-4-2-3-14(25)19(16)24(34)33(18)13-6-7-13/h2-5,8-9,11,13H,6-7,10H2,1H3,(H2,27,28,29). The molecule has 0 radical (unpaired) electrons. The van der Waals surface area contributed by atoms with Gasteiger partial charge in [0, 0.05) is 11.6 Å². The topological polar surface area (TPSA) is 114 Å². The fourth-order valence-electron chi connectivity index (χ4n) is 4.36. The number of hydrogen-bond donors (Lipinski definition) is 1. The van der Waals surface area contributed by atoms with Gasteiger partial charge in [0.15, 0.2) is 17.2 Å². The number of methoxy groups -OCH3 is 1. The van der Waals surface area contributed by atoms with Gasteiger partial charge in [0.25, 0.3) is 5.56 Å². The van der Waals surface area contributed by atoms with Crippen molar-refractivity contribution in [2.24, 2.45) is 0 Å². The third kappa shape index (κ3) is 3.38. The van der Waals surface area contributed by atoms with Gasteiger partial charge in [-0.05, 0) is 43.2 Å². The lowest BCUT2D eigenvalue weighted by Gasteiger charge is -2.13. The zero-order valence-corrected chi connectivity index (χ0v) is 18.6. The fourth-order valence-corrected chi connectivity index (χ4v) is 4.36. The third-order valence-corrected chi connectivity index (χ3v) is 6.14. The second-order valence-electron chi connectivity index (χ2n) is 8.38. The second kappa shape index (κ2) is 7.83. The number of nitrogen functional groups attached to an aromatic ring is 1. The van der Waals surface area contributed by atoms with E-state index in [4.69, 9.17) is 10.5 Å². The van der Waals surface area contributed by atoms with E-state index in [2.05, 4.69) is 20.1 Å². The summed E-state index contributed by atoms with van der Waals surface area (Å²) in [5, 5.41) is 5.07. The van der Waals surface area contributed by atoms with E-state index in [0.717, 1.165) is 12.8 Å². The summed E-state index contributed by atoms with van der Waals surface area (Å²) >= 11 is 0. The molecule has 3 aromatic heterocycles. The van der Waals surface area contributed by atoms with Crippen LogP contribution < -0.4 is 16.0 Å². The van der Waals surface area contributed by atoms with Crippen LogP contribution in [0, 0.1) is 11.6 Å². The van der Waals surface area contributed by atoms with Crippen LogP contribution in [0.2, 0.25) is 0 Å². The van der Waals surface area contributed by atoms with Crippen molar-refractivity contribution < 1.29 is 13.5 Å². The van der Waals surface area contributed by atoms with Gasteiger partial charge in [-0.15, -0.1) is 0 Å². The summed E-state index contributed by atoms with van der Waals surface area (Å²) < 4.78 is 37.0. The molecule has 1 fully saturated rings. The molecule has 2 N–H and O–H groups in total. The summed E-state index contributed by atoms with van der Waals surface area (Å²) in [5.41, 5.74) is 7.25. The molecule has 9 nitrogen and oxygen atoms in total. The van der Waals surface area contributed by atoms with Crippen LogP contribution >= 0.6 is 0 Å². The van der Waals surface area contributed by atoms with Crippen molar-refractivity contribution in [3.05, 3.63) is 70.5 Å². The van der Waals surface area contributed by atoms with E-state index in [9.17, 15) is 13.6 Å². The van der Waals surface area contributed by atoms with Crippen LogP contribution in [0.25, 0.3) is 33.2 Å². The van der Waals surface area contributed by atoms with Crippen molar-refractivity contribution in [2.45, 2.75) is 25.4 Å². The molecule has 1 aliphatic carbocycles. The summed E-state index contributed by atoms with van der Waals surface area (Å²) in [4.78, 5) is 26.3. The number of hydrogen-bond acceptors (Lipinski definition) is 7. The molecule has 3 heterocycles. The molecule has 0 amide bonds. The molecular weight excluding hydrogens is 456 g/mol. The molecule has 0 spiro atoms. The lowest BCUT2D eigenvalue weighted by atomic mass is 10.1. The number of fused-ring (bicyclic) bond motifs is 2. The van der Waals surface area contributed by atoms with Crippen molar-refractivity contribution in [1.82, 2.24) is 29.3 Å². The van der Waals surface area contributed by atoms with Gasteiger partial charge in [0.05, 0.1) is 18.0 Å². The van der Waals surface area contributed by atoms with Crippen LogP contribution in [0.4, 0.5) is 14.6 Å². The Morgan fingerprint density at radius 2 is 1.94 bits per heavy atom. The number of anilines is 1. The maximum absolute atomic E-state index is 14.5. The Morgan fingerprint density at radius 3 is 2.69 bits per heavy atom. The van der Waals surface area contributed by atoms with Gasteiger partial charge in [-0.3, -0.25) is 9.36 Å². The number of nitrogens with two attached hydrogens (primary N) is 1. The maximum atomic E-state index is 14.5. The first-order valence-electron chi connectivity index (χ1n) is 11.0. The molecule has 0 bridgehead atoms. The van der Waals surface area contributed by atoms with Crippen LogP contribution in [-0.4, -0.2) is 36.4 Å². The minimum atomic E-state index is -0.602. The van der Waals surface area contributed by atoms with Crippen LogP contribution in [0.1, 0.15) is 24.7 Å². The van der Waals surface area contributed by atoms with Gasteiger partial charge >= 0.3 is 0 Å². The normalized spacial score (nSPS) is 13.6. The highest BCUT2D eigenvalue weighted by Crippen LogP contribution is 2.36. The predicted octanol–water partition coefficient (Wildman–Crippen LogP) is 3.46. The molecule has 0 saturated heterocycles. The Labute approximate surface area is 196 Å². The van der Waals surface area contributed by atoms with E-state index in [1.165, 1.54) is 42.3 Å². The van der Waals surface area contributed by atoms with Crippen molar-refractivity contribution in [2.75, 3.05) is 12.8 Å². The molecule has 35 heavy (non-hydrogen) atoms. The average Bonchev–Trinajstić information content (AvgIpc) is 3.60. The van der Waals surface area contributed by atoms with Crippen LogP contribution in [0.15, 0.2) is 47.5 Å². The van der Waals surface area contributed by atoms with Gasteiger partial charge < -0.3 is 10.5 Å². The first-order chi connectivity index (χ1) is 17.0. The van der Waals surface area contributed by atoms with Crippen molar-refractivity contribution in [1.29, 1.82) is 0 Å². The minimum absolute atomic E-state index is 0.0329. The monoisotopic (exact) mass is 475 g/mol. The van der Waals surface area contributed by atoms with E-state index < -0.39 is 17.2 Å². The van der Waals surface area contributed by atoms with Gasteiger partial charge in [-0.1, -0.05) is 6.07 Å². The van der Waals surface area contributed by atoms with Gasteiger partial charge in [0.2, 0.25) is 0 Å². The quantitative estimate of drug-likeness (QED) is 0.414. The largest absolute Gasteiger partial charge is 0.494 e. The fraction of sp³-hybridized carbons (Fsp3) is 0.208. The molecule has 11 heteroatoms.